The molecule has 3 N–H and O–H groups in total. The SMILES string of the molecule is CNC1=CC=C[C@H](C[OH2+])C=C1. The Morgan fingerprint density at radius 1 is 1.55 bits per heavy atom. The molecule has 0 spiro atoms. The number of allylic oxidation sites excluding steroid dienone is 3. The highest BCUT2D eigenvalue weighted by molar-refractivity contribution is 5.27. The molecule has 2 nitrogen and oxygen atoms in total. The van der Waals surface area contributed by atoms with Crippen LogP contribution in [-0.2, 0) is 0 Å². The lowest BCUT2D eigenvalue weighted by Crippen LogP contribution is -2.02. The minimum absolute atomic E-state index is 0.275. The summed E-state index contributed by atoms with van der Waals surface area (Å²) in [5, 5.41) is 10.2. The molecule has 0 bridgehead atoms. The zero-order valence-corrected chi connectivity index (χ0v) is 6.67. The van der Waals surface area contributed by atoms with Gasteiger partial charge in [-0.3, -0.25) is 0 Å². The van der Waals surface area contributed by atoms with E-state index in [0.717, 1.165) is 5.70 Å². The molecule has 0 heterocycles. The van der Waals surface area contributed by atoms with Crippen LogP contribution in [0.2, 0.25) is 0 Å². The van der Waals surface area contributed by atoms with Crippen LogP contribution in [-0.4, -0.2) is 18.8 Å². The van der Waals surface area contributed by atoms with Crippen LogP contribution >= 0.6 is 0 Å². The maximum atomic E-state index is 7.17. The molecule has 1 atom stereocenters. The van der Waals surface area contributed by atoms with Crippen LogP contribution in [0.3, 0.4) is 0 Å². The second kappa shape index (κ2) is 3.98. The zero-order valence-electron chi connectivity index (χ0n) is 6.67. The molecular weight excluding hydrogens is 138 g/mol. The lowest BCUT2D eigenvalue weighted by atomic mass is 10.1. The summed E-state index contributed by atoms with van der Waals surface area (Å²) >= 11 is 0. The van der Waals surface area contributed by atoms with Crippen molar-refractivity contribution in [3.63, 3.8) is 0 Å². The van der Waals surface area contributed by atoms with Gasteiger partial charge >= 0.3 is 0 Å². The molecule has 0 fully saturated rings. The highest BCUT2D eigenvalue weighted by atomic mass is 16.3. The van der Waals surface area contributed by atoms with Crippen molar-refractivity contribution >= 4 is 0 Å². The summed E-state index contributed by atoms with van der Waals surface area (Å²) in [6.45, 7) is 0.428. The number of hydrogen-bond donors (Lipinski definition) is 1. The molecule has 0 aliphatic heterocycles. The Kier molecular flexibility index (Phi) is 2.93. The van der Waals surface area contributed by atoms with Gasteiger partial charge in [-0.05, 0) is 12.2 Å². The average molecular weight is 152 g/mol. The summed E-state index contributed by atoms with van der Waals surface area (Å²) in [4.78, 5) is 0. The van der Waals surface area contributed by atoms with E-state index in [-0.39, 0.29) is 5.92 Å². The van der Waals surface area contributed by atoms with Crippen LogP contribution in [0.1, 0.15) is 0 Å². The zero-order chi connectivity index (χ0) is 8.10. The maximum Gasteiger partial charge on any atom is 0.153 e. The Labute approximate surface area is 66.9 Å². The summed E-state index contributed by atoms with van der Waals surface area (Å²) in [7, 11) is 1.89. The molecule has 1 aliphatic rings. The fourth-order valence-electron chi connectivity index (χ4n) is 0.952. The Bertz CT molecular complexity index is 204. The Balaban J connectivity index is 2.66. The van der Waals surface area contributed by atoms with Crippen molar-refractivity contribution in [3.8, 4) is 0 Å². The smallest absolute Gasteiger partial charge is 0.153 e. The van der Waals surface area contributed by atoms with Gasteiger partial charge in [-0.15, -0.1) is 0 Å². The standard InChI is InChI=1S/C9H13NO/c1-10-9-4-2-3-8(7-11)5-6-9/h2-6,8,10-11H,7H2,1H3/p+1/t8-/m0/s1. The van der Waals surface area contributed by atoms with E-state index in [0.29, 0.717) is 6.61 Å². The molecule has 0 radical (unpaired) electrons. The third-order valence-electron chi connectivity index (χ3n) is 1.68. The van der Waals surface area contributed by atoms with Crippen molar-refractivity contribution in [2.75, 3.05) is 13.7 Å². The molecular formula is C9H14NO+. The fraction of sp³-hybridized carbons (Fsp3) is 0.333. The van der Waals surface area contributed by atoms with Crippen molar-refractivity contribution in [1.82, 2.24) is 5.32 Å². The Morgan fingerprint density at radius 3 is 3.00 bits per heavy atom. The van der Waals surface area contributed by atoms with Gasteiger partial charge < -0.3 is 10.4 Å². The van der Waals surface area contributed by atoms with Crippen LogP contribution in [0.4, 0.5) is 0 Å². The summed E-state index contributed by atoms with van der Waals surface area (Å²) in [5.74, 6) is 0.275. The molecule has 1 rings (SSSR count). The highest BCUT2D eigenvalue weighted by Crippen LogP contribution is 2.06. The minimum Gasteiger partial charge on any atom is -0.445 e. The first-order valence-electron chi connectivity index (χ1n) is 3.76. The molecule has 1 aliphatic carbocycles. The number of nitrogens with one attached hydrogen (secondary N) is 1. The highest BCUT2D eigenvalue weighted by Gasteiger charge is 2.01. The topological polar surface area (TPSA) is 34.9 Å². The van der Waals surface area contributed by atoms with E-state index in [4.69, 9.17) is 5.11 Å². The first-order valence-corrected chi connectivity index (χ1v) is 3.76. The van der Waals surface area contributed by atoms with Crippen LogP contribution < -0.4 is 5.32 Å². The molecule has 0 aromatic rings. The third-order valence-corrected chi connectivity index (χ3v) is 1.68. The van der Waals surface area contributed by atoms with Gasteiger partial charge in [-0.2, -0.15) is 0 Å². The molecule has 0 saturated heterocycles. The van der Waals surface area contributed by atoms with Crippen molar-refractivity contribution in [2.24, 2.45) is 5.92 Å². The number of rotatable bonds is 2. The minimum atomic E-state index is 0.275. The van der Waals surface area contributed by atoms with Crippen LogP contribution in [0.5, 0.6) is 0 Å². The first kappa shape index (κ1) is 8.08. The maximum absolute atomic E-state index is 7.17. The molecule has 11 heavy (non-hydrogen) atoms. The van der Waals surface area contributed by atoms with Gasteiger partial charge in [0, 0.05) is 12.7 Å². The summed E-state index contributed by atoms with van der Waals surface area (Å²) in [6.07, 6.45) is 10.1. The first-order chi connectivity index (χ1) is 5.36. The predicted molar refractivity (Wildman–Crippen MR) is 47.4 cm³/mol. The Hall–Kier alpha value is -1.02. The van der Waals surface area contributed by atoms with Crippen LogP contribution in [0.15, 0.2) is 36.1 Å². The third kappa shape index (κ3) is 2.24. The normalized spacial score (nSPS) is 22.7. The number of likely N-dealkylation sites (N-methyl/N-ethyl adjacent to an activating group) is 1. The van der Waals surface area contributed by atoms with Gasteiger partial charge in [0.2, 0.25) is 0 Å². The van der Waals surface area contributed by atoms with Gasteiger partial charge in [-0.25, -0.2) is 0 Å². The van der Waals surface area contributed by atoms with Gasteiger partial charge in [0.25, 0.3) is 0 Å². The van der Waals surface area contributed by atoms with E-state index >= 15 is 0 Å². The van der Waals surface area contributed by atoms with Crippen molar-refractivity contribution < 1.29 is 5.11 Å². The second-order valence-corrected chi connectivity index (χ2v) is 2.48. The molecule has 0 saturated carbocycles. The van der Waals surface area contributed by atoms with E-state index < -0.39 is 0 Å². The van der Waals surface area contributed by atoms with Gasteiger partial charge in [-0.1, -0.05) is 18.2 Å². The second-order valence-electron chi connectivity index (χ2n) is 2.48. The summed E-state index contributed by atoms with van der Waals surface area (Å²) < 4.78 is 0. The largest absolute Gasteiger partial charge is 0.445 e. The monoisotopic (exact) mass is 152 g/mol. The lowest BCUT2D eigenvalue weighted by Gasteiger charge is -1.97. The Morgan fingerprint density at radius 2 is 2.36 bits per heavy atom. The molecule has 0 unspecified atom stereocenters. The van der Waals surface area contributed by atoms with E-state index in [2.05, 4.69) is 5.32 Å². The molecule has 0 aromatic heterocycles. The van der Waals surface area contributed by atoms with Crippen molar-refractivity contribution in [1.29, 1.82) is 0 Å². The predicted octanol–water partition coefficient (Wildman–Crippen LogP) is 0.556. The quantitative estimate of drug-likeness (QED) is 0.576. The average Bonchev–Trinajstić information content (AvgIpc) is 2.28. The lowest BCUT2D eigenvalue weighted by molar-refractivity contribution is 0.274. The van der Waals surface area contributed by atoms with Gasteiger partial charge in [0.05, 0.1) is 5.92 Å². The molecule has 0 aromatic carbocycles. The van der Waals surface area contributed by atoms with Crippen LogP contribution in [0, 0.1) is 5.92 Å². The van der Waals surface area contributed by atoms with Crippen molar-refractivity contribution in [3.05, 3.63) is 36.1 Å². The molecule has 60 valence electrons. The summed E-state index contributed by atoms with van der Waals surface area (Å²) in [6, 6.07) is 0. The fourth-order valence-corrected chi connectivity index (χ4v) is 0.952. The molecule has 2 heteroatoms. The van der Waals surface area contributed by atoms with E-state index in [1.54, 1.807) is 0 Å². The van der Waals surface area contributed by atoms with Crippen LogP contribution in [0.25, 0.3) is 0 Å². The summed E-state index contributed by atoms with van der Waals surface area (Å²) in [5.41, 5.74) is 1.09. The molecule has 0 amide bonds. The van der Waals surface area contributed by atoms with E-state index in [1.165, 1.54) is 0 Å². The van der Waals surface area contributed by atoms with E-state index in [9.17, 15) is 0 Å². The number of hydrogen-bond acceptors (Lipinski definition) is 1. The van der Waals surface area contributed by atoms with Gasteiger partial charge in [0.1, 0.15) is 0 Å². The van der Waals surface area contributed by atoms with Gasteiger partial charge in [0.15, 0.2) is 6.61 Å². The van der Waals surface area contributed by atoms with E-state index in [1.807, 2.05) is 37.4 Å². The van der Waals surface area contributed by atoms with Crippen molar-refractivity contribution in [2.45, 2.75) is 0 Å².